The lowest BCUT2D eigenvalue weighted by Crippen LogP contribution is -2.48. The van der Waals surface area contributed by atoms with Crippen LogP contribution in [0.15, 0.2) is 29.8 Å². The highest BCUT2D eigenvalue weighted by Gasteiger charge is 2.29. The van der Waals surface area contributed by atoms with Gasteiger partial charge in [0.25, 0.3) is 0 Å². The summed E-state index contributed by atoms with van der Waals surface area (Å²) in [5, 5.41) is 12.7. The van der Waals surface area contributed by atoms with Gasteiger partial charge in [-0.3, -0.25) is 9.78 Å². The van der Waals surface area contributed by atoms with Crippen LogP contribution in [0.25, 0.3) is 10.7 Å². The molecule has 0 bridgehead atoms. The second kappa shape index (κ2) is 6.54. The summed E-state index contributed by atoms with van der Waals surface area (Å²) in [6.07, 6.45) is 1.95. The highest BCUT2D eigenvalue weighted by Crippen LogP contribution is 2.22. The minimum absolute atomic E-state index is 0.0625. The number of carbonyl (C=O) groups is 1. The second-order valence-corrected chi connectivity index (χ2v) is 6.73. The van der Waals surface area contributed by atoms with E-state index in [9.17, 15) is 9.90 Å². The summed E-state index contributed by atoms with van der Waals surface area (Å²) in [6, 6.07) is 5.39. The highest BCUT2D eigenvalue weighted by atomic mass is 32.1. The molecule has 1 N–H and O–H groups in total. The molecule has 0 aliphatic rings. The fourth-order valence-corrected chi connectivity index (χ4v) is 2.76. The predicted octanol–water partition coefficient (Wildman–Crippen LogP) is 2.37. The smallest absolute Gasteiger partial charge is 0.228 e. The van der Waals surface area contributed by atoms with Gasteiger partial charge in [-0.15, -0.1) is 11.3 Å². The standard InChI is InChI=1S/C16H21N3O2S/c1-11(16(2,3)21)19(4)14(20)9-12-10-22-15(18-12)13-7-5-6-8-17-13/h5-8,10-11,21H,9H2,1-4H3/t11-/m1/s1. The summed E-state index contributed by atoms with van der Waals surface area (Å²) in [4.78, 5) is 22.6. The van der Waals surface area contributed by atoms with Crippen molar-refractivity contribution in [1.82, 2.24) is 14.9 Å². The van der Waals surface area contributed by atoms with Crippen LogP contribution in [-0.4, -0.2) is 44.6 Å². The van der Waals surface area contributed by atoms with Gasteiger partial charge in [0.2, 0.25) is 5.91 Å². The van der Waals surface area contributed by atoms with Crippen LogP contribution in [0.4, 0.5) is 0 Å². The Bertz CT molecular complexity index is 634. The zero-order valence-corrected chi connectivity index (χ0v) is 14.1. The molecule has 2 aromatic heterocycles. The van der Waals surface area contributed by atoms with E-state index < -0.39 is 5.60 Å². The molecular weight excluding hydrogens is 298 g/mol. The van der Waals surface area contributed by atoms with Crippen molar-refractivity contribution in [3.05, 3.63) is 35.5 Å². The molecular formula is C16H21N3O2S. The zero-order valence-electron chi connectivity index (χ0n) is 13.3. The molecule has 0 aliphatic heterocycles. The first-order valence-electron chi connectivity index (χ1n) is 7.13. The number of amides is 1. The quantitative estimate of drug-likeness (QED) is 0.919. The summed E-state index contributed by atoms with van der Waals surface area (Å²) < 4.78 is 0. The Morgan fingerprint density at radius 1 is 1.45 bits per heavy atom. The van der Waals surface area contributed by atoms with Gasteiger partial charge in [0.15, 0.2) is 0 Å². The van der Waals surface area contributed by atoms with Crippen molar-refractivity contribution in [3.63, 3.8) is 0 Å². The Balaban J connectivity index is 2.06. The van der Waals surface area contributed by atoms with Crippen LogP contribution in [0.5, 0.6) is 0 Å². The van der Waals surface area contributed by atoms with E-state index in [4.69, 9.17) is 0 Å². The minimum Gasteiger partial charge on any atom is -0.388 e. The maximum atomic E-state index is 12.3. The Labute approximate surface area is 134 Å². The number of aromatic nitrogens is 2. The Kier molecular flexibility index (Phi) is 4.93. The summed E-state index contributed by atoms with van der Waals surface area (Å²) in [5.41, 5.74) is 0.598. The molecule has 0 aromatic carbocycles. The van der Waals surface area contributed by atoms with E-state index in [0.29, 0.717) is 0 Å². The van der Waals surface area contributed by atoms with Gasteiger partial charge in [-0.1, -0.05) is 6.07 Å². The van der Waals surface area contributed by atoms with E-state index in [0.717, 1.165) is 16.4 Å². The summed E-state index contributed by atoms with van der Waals surface area (Å²) in [6.45, 7) is 5.23. The van der Waals surface area contributed by atoms with Crippen molar-refractivity contribution in [1.29, 1.82) is 0 Å². The molecule has 2 rings (SSSR count). The topological polar surface area (TPSA) is 66.3 Å². The molecule has 0 fully saturated rings. The Morgan fingerprint density at radius 3 is 2.77 bits per heavy atom. The molecule has 0 saturated heterocycles. The molecule has 0 radical (unpaired) electrons. The molecule has 6 heteroatoms. The monoisotopic (exact) mass is 319 g/mol. The average Bonchev–Trinajstić information content (AvgIpc) is 2.94. The van der Waals surface area contributed by atoms with Crippen LogP contribution >= 0.6 is 11.3 Å². The number of likely N-dealkylation sites (N-methyl/N-ethyl adjacent to an activating group) is 1. The van der Waals surface area contributed by atoms with E-state index in [1.54, 1.807) is 32.0 Å². The SMILES string of the molecule is C[C@@H](N(C)C(=O)Cc1csc(-c2ccccn2)n1)C(C)(C)O. The molecule has 22 heavy (non-hydrogen) atoms. The van der Waals surface area contributed by atoms with Crippen LogP contribution in [-0.2, 0) is 11.2 Å². The van der Waals surface area contributed by atoms with Gasteiger partial charge >= 0.3 is 0 Å². The molecule has 1 amide bonds. The number of hydrogen-bond donors (Lipinski definition) is 1. The number of rotatable bonds is 5. The second-order valence-electron chi connectivity index (χ2n) is 5.87. The fraction of sp³-hybridized carbons (Fsp3) is 0.438. The van der Waals surface area contributed by atoms with Crippen LogP contribution in [0.2, 0.25) is 0 Å². The molecule has 118 valence electrons. The molecule has 0 spiro atoms. The van der Waals surface area contributed by atoms with Crippen LogP contribution in [0.1, 0.15) is 26.5 Å². The van der Waals surface area contributed by atoms with Crippen molar-refractivity contribution in [2.24, 2.45) is 0 Å². The summed E-state index contributed by atoms with van der Waals surface area (Å²) >= 11 is 1.48. The third-order valence-electron chi connectivity index (χ3n) is 3.76. The van der Waals surface area contributed by atoms with Crippen molar-refractivity contribution in [2.75, 3.05) is 7.05 Å². The average molecular weight is 319 g/mol. The van der Waals surface area contributed by atoms with Crippen molar-refractivity contribution in [3.8, 4) is 10.7 Å². The first kappa shape index (κ1) is 16.6. The highest BCUT2D eigenvalue weighted by molar-refractivity contribution is 7.13. The van der Waals surface area contributed by atoms with Gasteiger partial charge in [0, 0.05) is 18.6 Å². The van der Waals surface area contributed by atoms with E-state index in [1.165, 1.54) is 11.3 Å². The summed E-state index contributed by atoms with van der Waals surface area (Å²) in [7, 11) is 1.71. The number of nitrogens with zero attached hydrogens (tertiary/aromatic N) is 3. The first-order valence-corrected chi connectivity index (χ1v) is 8.01. The van der Waals surface area contributed by atoms with Gasteiger partial charge in [0.1, 0.15) is 5.01 Å². The van der Waals surface area contributed by atoms with Crippen molar-refractivity contribution < 1.29 is 9.90 Å². The Morgan fingerprint density at radius 2 is 2.18 bits per heavy atom. The predicted molar refractivity (Wildman–Crippen MR) is 87.6 cm³/mol. The van der Waals surface area contributed by atoms with Gasteiger partial charge in [-0.05, 0) is 32.9 Å². The lowest BCUT2D eigenvalue weighted by atomic mass is 9.99. The van der Waals surface area contributed by atoms with Gasteiger partial charge < -0.3 is 10.0 Å². The van der Waals surface area contributed by atoms with Crippen LogP contribution in [0, 0.1) is 0 Å². The maximum Gasteiger partial charge on any atom is 0.228 e. The molecule has 0 aliphatic carbocycles. The van der Waals surface area contributed by atoms with E-state index >= 15 is 0 Å². The van der Waals surface area contributed by atoms with Crippen molar-refractivity contribution >= 4 is 17.2 Å². The largest absolute Gasteiger partial charge is 0.388 e. The van der Waals surface area contributed by atoms with Crippen LogP contribution in [0.3, 0.4) is 0 Å². The van der Waals surface area contributed by atoms with Crippen molar-refractivity contribution in [2.45, 2.75) is 38.8 Å². The maximum absolute atomic E-state index is 12.3. The normalized spacial score (nSPS) is 13.0. The molecule has 0 unspecified atom stereocenters. The summed E-state index contributed by atoms with van der Waals surface area (Å²) in [5.74, 6) is -0.0625. The fourth-order valence-electron chi connectivity index (χ4n) is 1.96. The van der Waals surface area contributed by atoms with E-state index in [1.807, 2.05) is 30.5 Å². The first-order chi connectivity index (χ1) is 10.3. The molecule has 2 aromatic rings. The lowest BCUT2D eigenvalue weighted by molar-refractivity contribution is -0.135. The van der Waals surface area contributed by atoms with Crippen LogP contribution < -0.4 is 0 Å². The number of carbonyl (C=O) groups excluding carboxylic acids is 1. The molecule has 0 saturated carbocycles. The number of thiazole rings is 1. The van der Waals surface area contributed by atoms with E-state index in [2.05, 4.69) is 9.97 Å². The third kappa shape index (κ3) is 3.90. The number of hydrogen-bond acceptors (Lipinski definition) is 5. The number of aliphatic hydroxyl groups is 1. The molecule has 2 heterocycles. The zero-order chi connectivity index (χ0) is 16.3. The minimum atomic E-state index is -0.939. The number of pyridine rings is 1. The third-order valence-corrected chi connectivity index (χ3v) is 4.68. The Hall–Kier alpha value is -1.79. The molecule has 5 nitrogen and oxygen atoms in total. The molecule has 1 atom stereocenters. The lowest BCUT2D eigenvalue weighted by Gasteiger charge is -2.34. The van der Waals surface area contributed by atoms with Gasteiger partial charge in [-0.25, -0.2) is 4.98 Å². The van der Waals surface area contributed by atoms with Gasteiger partial charge in [0.05, 0.1) is 29.5 Å². The van der Waals surface area contributed by atoms with E-state index in [-0.39, 0.29) is 18.4 Å². The van der Waals surface area contributed by atoms with Gasteiger partial charge in [-0.2, -0.15) is 0 Å².